The van der Waals surface area contributed by atoms with Crippen LogP contribution in [-0.4, -0.2) is 27.8 Å². The highest BCUT2D eigenvalue weighted by atomic mass is 16.6. The molecule has 108 valence electrons. The number of rotatable bonds is 6. The maximum absolute atomic E-state index is 11.1. The van der Waals surface area contributed by atoms with Crippen LogP contribution in [0.5, 0.6) is 0 Å². The molecule has 0 spiro atoms. The van der Waals surface area contributed by atoms with E-state index in [9.17, 15) is 20.3 Å². The van der Waals surface area contributed by atoms with Crippen molar-refractivity contribution < 1.29 is 15.1 Å². The summed E-state index contributed by atoms with van der Waals surface area (Å²) in [5.74, 6) is 0. The summed E-state index contributed by atoms with van der Waals surface area (Å²) in [5, 5.41) is 34.3. The second-order valence-electron chi connectivity index (χ2n) is 4.53. The Morgan fingerprint density at radius 1 is 1.45 bits per heavy atom. The first-order valence-corrected chi connectivity index (χ1v) is 6.01. The average Bonchev–Trinajstić information content (AvgIpc) is 2.37. The van der Waals surface area contributed by atoms with Crippen LogP contribution in [-0.2, 0) is 0 Å². The molecule has 20 heavy (non-hydrogen) atoms. The number of benzene rings is 1. The van der Waals surface area contributed by atoms with Gasteiger partial charge >= 0.3 is 0 Å². The largest absolute Gasteiger partial charge is 0.390 e. The molecule has 0 aliphatic rings. The Labute approximate surface area is 115 Å². The van der Waals surface area contributed by atoms with Gasteiger partial charge in [0.2, 0.25) is 0 Å². The molecule has 2 N–H and O–H groups in total. The standard InChI is InChI=1S/C12H16N4O4/c1-7-5-8(2)11(9(6-7)16(19)20)12(18)10(17)3-4-14-15-13/h5-6,10,12,17-18H,3-4H2,1-2H3. The van der Waals surface area contributed by atoms with E-state index in [1.807, 2.05) is 0 Å². The highest BCUT2D eigenvalue weighted by Crippen LogP contribution is 2.32. The molecular weight excluding hydrogens is 264 g/mol. The fourth-order valence-corrected chi connectivity index (χ4v) is 2.08. The summed E-state index contributed by atoms with van der Waals surface area (Å²) in [7, 11) is 0. The van der Waals surface area contributed by atoms with E-state index in [2.05, 4.69) is 10.0 Å². The van der Waals surface area contributed by atoms with Gasteiger partial charge in [0.25, 0.3) is 5.69 Å². The topological polar surface area (TPSA) is 132 Å². The van der Waals surface area contributed by atoms with Crippen molar-refractivity contribution in [2.75, 3.05) is 6.54 Å². The summed E-state index contributed by atoms with van der Waals surface area (Å²) in [5.41, 5.74) is 9.26. The lowest BCUT2D eigenvalue weighted by atomic mass is 9.94. The average molecular weight is 280 g/mol. The second-order valence-corrected chi connectivity index (χ2v) is 4.53. The predicted octanol–water partition coefficient (Wildman–Crippen LogP) is 2.31. The number of nitro benzene ring substituents is 1. The van der Waals surface area contributed by atoms with Crippen LogP contribution < -0.4 is 0 Å². The molecule has 2 atom stereocenters. The summed E-state index contributed by atoms with van der Waals surface area (Å²) in [6.07, 6.45) is -2.61. The summed E-state index contributed by atoms with van der Waals surface area (Å²) in [4.78, 5) is 13.0. The first-order valence-electron chi connectivity index (χ1n) is 6.01. The van der Waals surface area contributed by atoms with Crippen LogP contribution in [0.2, 0.25) is 0 Å². The van der Waals surface area contributed by atoms with Gasteiger partial charge in [0.05, 0.1) is 16.6 Å². The zero-order valence-electron chi connectivity index (χ0n) is 11.2. The number of aliphatic hydroxyl groups is 2. The van der Waals surface area contributed by atoms with E-state index in [1.54, 1.807) is 19.9 Å². The number of azide groups is 1. The molecule has 2 unspecified atom stereocenters. The molecule has 1 aromatic carbocycles. The van der Waals surface area contributed by atoms with Gasteiger partial charge in [0, 0.05) is 17.5 Å². The van der Waals surface area contributed by atoms with Gasteiger partial charge in [-0.25, -0.2) is 0 Å². The number of aliphatic hydroxyl groups excluding tert-OH is 2. The fourth-order valence-electron chi connectivity index (χ4n) is 2.08. The minimum atomic E-state index is -1.40. The van der Waals surface area contributed by atoms with Crippen LogP contribution in [0.4, 0.5) is 5.69 Å². The van der Waals surface area contributed by atoms with Gasteiger partial charge in [-0.15, -0.1) is 0 Å². The molecule has 0 amide bonds. The van der Waals surface area contributed by atoms with Crippen LogP contribution >= 0.6 is 0 Å². The third-order valence-corrected chi connectivity index (χ3v) is 2.95. The minimum Gasteiger partial charge on any atom is -0.390 e. The number of hydrogen-bond donors (Lipinski definition) is 2. The van der Waals surface area contributed by atoms with Crippen molar-refractivity contribution in [3.63, 3.8) is 0 Å². The van der Waals surface area contributed by atoms with Gasteiger partial charge in [-0.05, 0) is 36.9 Å². The minimum absolute atomic E-state index is 0.00737. The molecule has 0 saturated heterocycles. The molecular formula is C12H16N4O4. The van der Waals surface area contributed by atoms with Gasteiger partial charge in [-0.3, -0.25) is 10.1 Å². The van der Waals surface area contributed by atoms with Crippen molar-refractivity contribution in [1.82, 2.24) is 0 Å². The Morgan fingerprint density at radius 3 is 2.65 bits per heavy atom. The first-order chi connectivity index (χ1) is 9.38. The fraction of sp³-hybridized carbons (Fsp3) is 0.500. The van der Waals surface area contributed by atoms with Crippen molar-refractivity contribution in [3.05, 3.63) is 49.4 Å². The van der Waals surface area contributed by atoms with Crippen LogP contribution in [0.15, 0.2) is 17.2 Å². The predicted molar refractivity (Wildman–Crippen MR) is 72.2 cm³/mol. The normalized spacial score (nSPS) is 13.4. The van der Waals surface area contributed by atoms with Crippen molar-refractivity contribution in [3.8, 4) is 0 Å². The smallest absolute Gasteiger partial charge is 0.275 e. The van der Waals surface area contributed by atoms with Gasteiger partial charge in [-0.1, -0.05) is 11.2 Å². The molecule has 0 fully saturated rings. The van der Waals surface area contributed by atoms with Gasteiger partial charge < -0.3 is 10.2 Å². The molecule has 0 bridgehead atoms. The molecule has 1 aromatic rings. The molecule has 1 rings (SSSR count). The van der Waals surface area contributed by atoms with Crippen LogP contribution in [0.25, 0.3) is 10.4 Å². The lowest BCUT2D eigenvalue weighted by molar-refractivity contribution is -0.386. The molecule has 8 heteroatoms. The highest BCUT2D eigenvalue weighted by Gasteiger charge is 2.28. The molecule has 8 nitrogen and oxygen atoms in total. The lowest BCUT2D eigenvalue weighted by Crippen LogP contribution is -2.21. The molecule has 0 aliphatic heterocycles. The van der Waals surface area contributed by atoms with E-state index >= 15 is 0 Å². The van der Waals surface area contributed by atoms with Crippen LogP contribution in [0.1, 0.15) is 29.2 Å². The van der Waals surface area contributed by atoms with Crippen molar-refractivity contribution >= 4 is 5.69 Å². The van der Waals surface area contributed by atoms with Crippen molar-refractivity contribution in [2.45, 2.75) is 32.5 Å². The molecule has 0 saturated carbocycles. The quantitative estimate of drug-likeness (QED) is 0.272. The summed E-state index contributed by atoms with van der Waals surface area (Å²) in [6, 6.07) is 3.05. The maximum Gasteiger partial charge on any atom is 0.275 e. The maximum atomic E-state index is 11.1. The van der Waals surface area contributed by atoms with Gasteiger partial charge in [0.1, 0.15) is 6.10 Å². The summed E-state index contributed by atoms with van der Waals surface area (Å²) < 4.78 is 0. The zero-order valence-corrected chi connectivity index (χ0v) is 11.2. The molecule has 0 heterocycles. The third-order valence-electron chi connectivity index (χ3n) is 2.95. The van der Waals surface area contributed by atoms with Gasteiger partial charge in [-0.2, -0.15) is 0 Å². The Kier molecular flexibility index (Phi) is 5.45. The monoisotopic (exact) mass is 280 g/mol. The molecule has 0 aromatic heterocycles. The number of nitrogens with zero attached hydrogens (tertiary/aromatic N) is 4. The number of nitro groups is 1. The van der Waals surface area contributed by atoms with Crippen LogP contribution in [0, 0.1) is 24.0 Å². The van der Waals surface area contributed by atoms with E-state index in [0.717, 1.165) is 0 Å². The van der Waals surface area contributed by atoms with E-state index < -0.39 is 17.1 Å². The molecule has 0 radical (unpaired) electrons. The van der Waals surface area contributed by atoms with E-state index in [4.69, 9.17) is 5.53 Å². The van der Waals surface area contributed by atoms with E-state index in [-0.39, 0.29) is 24.2 Å². The Morgan fingerprint density at radius 2 is 2.10 bits per heavy atom. The Bertz CT molecular complexity index is 555. The first kappa shape index (κ1) is 15.9. The highest BCUT2D eigenvalue weighted by molar-refractivity contribution is 5.49. The summed E-state index contributed by atoms with van der Waals surface area (Å²) >= 11 is 0. The van der Waals surface area contributed by atoms with Crippen molar-refractivity contribution in [2.24, 2.45) is 5.11 Å². The second kappa shape index (κ2) is 6.85. The third kappa shape index (κ3) is 3.67. The molecule has 0 aliphatic carbocycles. The lowest BCUT2D eigenvalue weighted by Gasteiger charge is -2.19. The SMILES string of the molecule is Cc1cc(C)c(C(O)C(O)CCN=[N+]=[N-])c([N+](=O)[O-])c1. The van der Waals surface area contributed by atoms with Gasteiger partial charge in [0.15, 0.2) is 0 Å². The van der Waals surface area contributed by atoms with Crippen LogP contribution in [0.3, 0.4) is 0 Å². The summed E-state index contributed by atoms with van der Waals surface area (Å²) in [6.45, 7) is 3.36. The number of aryl methyl sites for hydroxylation is 2. The number of hydrogen-bond acceptors (Lipinski definition) is 5. The Hall–Kier alpha value is -2.15. The van der Waals surface area contributed by atoms with Crippen molar-refractivity contribution in [1.29, 1.82) is 0 Å². The van der Waals surface area contributed by atoms with E-state index in [1.165, 1.54) is 6.07 Å². The Balaban J connectivity index is 3.11. The zero-order chi connectivity index (χ0) is 15.3. The van der Waals surface area contributed by atoms with E-state index in [0.29, 0.717) is 11.1 Å².